The molecule has 0 bridgehead atoms. The summed E-state index contributed by atoms with van der Waals surface area (Å²) in [6.07, 6.45) is 0.956. The average molecular weight is 447 g/mol. The molecule has 1 fully saturated rings. The third kappa shape index (κ3) is 6.46. The van der Waals surface area contributed by atoms with E-state index in [1.165, 1.54) is 4.31 Å². The number of likely N-dealkylation sites (N-methyl/N-ethyl adjacent to an activating group) is 1. The summed E-state index contributed by atoms with van der Waals surface area (Å²) in [6.45, 7) is 6.81. The highest BCUT2D eigenvalue weighted by Gasteiger charge is 2.27. The highest BCUT2D eigenvalue weighted by atomic mass is 32.2. The van der Waals surface area contributed by atoms with E-state index in [1.807, 2.05) is 27.0 Å². The summed E-state index contributed by atoms with van der Waals surface area (Å²) in [5, 5.41) is 5.94. The number of amides is 1. The second-order valence-corrected chi connectivity index (χ2v) is 9.72. The molecule has 1 aromatic heterocycles. The van der Waals surface area contributed by atoms with Crippen molar-refractivity contribution in [2.24, 2.45) is 0 Å². The predicted molar refractivity (Wildman–Crippen MR) is 121 cm³/mol. The van der Waals surface area contributed by atoms with Crippen LogP contribution >= 0.6 is 0 Å². The number of benzene rings is 1. The summed E-state index contributed by atoms with van der Waals surface area (Å²) in [5.74, 6) is 0.438. The van der Waals surface area contributed by atoms with Crippen molar-refractivity contribution in [2.45, 2.75) is 31.6 Å². The number of piperazine rings is 1. The van der Waals surface area contributed by atoms with Crippen LogP contribution < -0.4 is 10.6 Å². The van der Waals surface area contributed by atoms with Gasteiger partial charge < -0.3 is 15.5 Å². The lowest BCUT2D eigenvalue weighted by molar-refractivity contribution is -0.116. The van der Waals surface area contributed by atoms with E-state index in [-0.39, 0.29) is 10.8 Å². The maximum atomic E-state index is 12.8. The van der Waals surface area contributed by atoms with Gasteiger partial charge in [-0.05, 0) is 57.6 Å². The van der Waals surface area contributed by atoms with Crippen molar-refractivity contribution in [3.63, 3.8) is 0 Å². The molecule has 1 aliphatic heterocycles. The smallest absolute Gasteiger partial charge is 0.243 e. The molecule has 168 valence electrons. The topological polar surface area (TPSA) is 108 Å². The third-order valence-corrected chi connectivity index (χ3v) is 7.00. The van der Waals surface area contributed by atoms with E-state index in [1.54, 1.807) is 24.3 Å². The molecule has 1 amide bonds. The normalized spacial score (nSPS) is 15.6. The fourth-order valence-corrected chi connectivity index (χ4v) is 4.79. The van der Waals surface area contributed by atoms with Crippen molar-refractivity contribution in [3.8, 4) is 0 Å². The molecule has 2 heterocycles. The Morgan fingerprint density at radius 2 is 1.65 bits per heavy atom. The molecule has 1 aliphatic rings. The second-order valence-electron chi connectivity index (χ2n) is 7.78. The number of hydrogen-bond donors (Lipinski definition) is 2. The Morgan fingerprint density at radius 1 is 1.03 bits per heavy atom. The van der Waals surface area contributed by atoms with Gasteiger partial charge in [0, 0.05) is 56.2 Å². The van der Waals surface area contributed by atoms with Gasteiger partial charge in [0.15, 0.2) is 0 Å². The van der Waals surface area contributed by atoms with Gasteiger partial charge in [0.05, 0.1) is 4.90 Å². The lowest BCUT2D eigenvalue weighted by Crippen LogP contribution is -2.46. The van der Waals surface area contributed by atoms with Crippen LogP contribution in [0.15, 0.2) is 35.2 Å². The minimum Gasteiger partial charge on any atom is -0.354 e. The number of nitrogens with zero attached hydrogens (tertiary/aromatic N) is 4. The average Bonchev–Trinajstić information content (AvgIpc) is 2.71. The van der Waals surface area contributed by atoms with E-state index in [2.05, 4.69) is 25.5 Å². The van der Waals surface area contributed by atoms with Crippen LogP contribution in [-0.2, 0) is 14.8 Å². The number of aryl methyl sites for hydroxylation is 2. The second kappa shape index (κ2) is 10.2. The summed E-state index contributed by atoms with van der Waals surface area (Å²) >= 11 is 0. The summed E-state index contributed by atoms with van der Waals surface area (Å²) in [7, 11) is -1.53. The molecule has 3 rings (SSSR count). The van der Waals surface area contributed by atoms with Crippen molar-refractivity contribution in [1.82, 2.24) is 19.2 Å². The van der Waals surface area contributed by atoms with Gasteiger partial charge in [0.1, 0.15) is 0 Å². The predicted octanol–water partition coefficient (Wildman–Crippen LogP) is 1.86. The zero-order valence-corrected chi connectivity index (χ0v) is 19.1. The van der Waals surface area contributed by atoms with E-state index in [0.717, 1.165) is 24.5 Å². The van der Waals surface area contributed by atoms with E-state index in [4.69, 9.17) is 0 Å². The van der Waals surface area contributed by atoms with Gasteiger partial charge in [-0.25, -0.2) is 18.4 Å². The van der Waals surface area contributed by atoms with Gasteiger partial charge in [0.2, 0.25) is 21.9 Å². The van der Waals surface area contributed by atoms with Gasteiger partial charge in [-0.3, -0.25) is 4.79 Å². The van der Waals surface area contributed by atoms with E-state index < -0.39 is 10.0 Å². The van der Waals surface area contributed by atoms with Gasteiger partial charge in [-0.15, -0.1) is 0 Å². The van der Waals surface area contributed by atoms with Crippen LogP contribution in [0.4, 0.5) is 11.6 Å². The Bertz CT molecular complexity index is 982. The van der Waals surface area contributed by atoms with Gasteiger partial charge in [0.25, 0.3) is 0 Å². The van der Waals surface area contributed by atoms with Gasteiger partial charge in [-0.1, -0.05) is 0 Å². The third-order valence-electron chi connectivity index (χ3n) is 5.08. The van der Waals surface area contributed by atoms with E-state index in [9.17, 15) is 13.2 Å². The summed E-state index contributed by atoms with van der Waals surface area (Å²) in [4.78, 5) is 23.2. The minimum atomic E-state index is -3.51. The quantitative estimate of drug-likeness (QED) is 0.596. The largest absolute Gasteiger partial charge is 0.354 e. The number of carbonyl (C=O) groups is 1. The molecular weight excluding hydrogens is 416 g/mol. The number of anilines is 2. The number of aromatic nitrogens is 2. The molecular formula is C21H30N6O3S. The van der Waals surface area contributed by atoms with Crippen LogP contribution in [0.1, 0.15) is 24.2 Å². The molecule has 10 heteroatoms. The van der Waals surface area contributed by atoms with Crippen LogP contribution in [0.25, 0.3) is 0 Å². The fraction of sp³-hybridized carbons (Fsp3) is 0.476. The van der Waals surface area contributed by atoms with E-state index in [0.29, 0.717) is 44.1 Å². The molecule has 0 spiro atoms. The van der Waals surface area contributed by atoms with Crippen LogP contribution in [0.3, 0.4) is 0 Å². The molecule has 2 N–H and O–H groups in total. The molecule has 0 atom stereocenters. The first kappa shape index (κ1) is 23.1. The Hall–Kier alpha value is -2.56. The van der Waals surface area contributed by atoms with Crippen molar-refractivity contribution in [1.29, 1.82) is 0 Å². The van der Waals surface area contributed by atoms with Crippen molar-refractivity contribution >= 4 is 27.6 Å². The Labute approximate surface area is 183 Å². The van der Waals surface area contributed by atoms with Crippen LogP contribution in [-0.4, -0.2) is 73.3 Å². The van der Waals surface area contributed by atoms with Crippen LogP contribution in [0, 0.1) is 13.8 Å². The summed E-state index contributed by atoms with van der Waals surface area (Å²) in [6, 6.07) is 8.25. The molecule has 1 saturated heterocycles. The first-order valence-electron chi connectivity index (χ1n) is 10.4. The fourth-order valence-electron chi connectivity index (χ4n) is 3.37. The standard InChI is InChI=1S/C21H30N6O3S/c1-16-15-17(2)24-21(23-16)22-10-4-5-20(28)25-18-6-8-19(9-7-18)31(29,30)27-13-11-26(3)12-14-27/h6-9,15H,4-5,10-14H2,1-3H3,(H,25,28)(H,22,23,24). The lowest BCUT2D eigenvalue weighted by atomic mass is 10.2. The van der Waals surface area contributed by atoms with Gasteiger partial charge >= 0.3 is 0 Å². The number of hydrogen-bond acceptors (Lipinski definition) is 7. The number of carbonyl (C=O) groups excluding carboxylic acids is 1. The van der Waals surface area contributed by atoms with Crippen molar-refractivity contribution in [2.75, 3.05) is 50.4 Å². The molecule has 0 radical (unpaired) electrons. The maximum absolute atomic E-state index is 12.8. The minimum absolute atomic E-state index is 0.127. The molecule has 0 unspecified atom stereocenters. The Kier molecular flexibility index (Phi) is 7.58. The molecule has 0 aliphatic carbocycles. The molecule has 1 aromatic carbocycles. The lowest BCUT2D eigenvalue weighted by Gasteiger charge is -2.31. The highest BCUT2D eigenvalue weighted by molar-refractivity contribution is 7.89. The first-order valence-corrected chi connectivity index (χ1v) is 11.8. The summed E-state index contributed by atoms with van der Waals surface area (Å²) < 4.78 is 27.0. The van der Waals surface area contributed by atoms with Gasteiger partial charge in [-0.2, -0.15) is 4.31 Å². The van der Waals surface area contributed by atoms with Crippen LogP contribution in [0.2, 0.25) is 0 Å². The number of nitrogens with one attached hydrogen (secondary N) is 2. The first-order chi connectivity index (χ1) is 14.7. The molecule has 0 saturated carbocycles. The number of rotatable bonds is 8. The number of sulfonamides is 1. The zero-order chi connectivity index (χ0) is 22.4. The van der Waals surface area contributed by atoms with Crippen molar-refractivity contribution < 1.29 is 13.2 Å². The summed E-state index contributed by atoms with van der Waals surface area (Å²) in [5.41, 5.74) is 2.37. The Morgan fingerprint density at radius 3 is 2.26 bits per heavy atom. The monoisotopic (exact) mass is 446 g/mol. The maximum Gasteiger partial charge on any atom is 0.243 e. The molecule has 31 heavy (non-hydrogen) atoms. The van der Waals surface area contributed by atoms with E-state index >= 15 is 0 Å². The van der Waals surface area contributed by atoms with Crippen molar-refractivity contribution in [3.05, 3.63) is 41.7 Å². The Balaban J connectivity index is 1.46. The highest BCUT2D eigenvalue weighted by Crippen LogP contribution is 2.20. The van der Waals surface area contributed by atoms with Crippen LogP contribution in [0.5, 0.6) is 0 Å². The molecule has 2 aromatic rings. The molecule has 9 nitrogen and oxygen atoms in total. The SMILES string of the molecule is Cc1cc(C)nc(NCCCC(=O)Nc2ccc(S(=O)(=O)N3CCN(C)CC3)cc2)n1. The zero-order valence-electron chi connectivity index (χ0n) is 18.3.